The number of methoxy groups -OCH3 is 5. The van der Waals surface area contributed by atoms with Gasteiger partial charge in [0.1, 0.15) is 57.8 Å². The lowest BCUT2D eigenvalue weighted by atomic mass is 10.1. The van der Waals surface area contributed by atoms with E-state index in [2.05, 4.69) is 42.5 Å². The fraction of sp³-hybridized carbons (Fsp3) is 0.831. The van der Waals surface area contributed by atoms with Gasteiger partial charge in [-0.15, -0.1) is 0 Å². The number of hydrogen-bond donors (Lipinski definition) is 8. The molecule has 3 unspecified atom stereocenters. The molecule has 0 bridgehead atoms. The molecule has 117 heavy (non-hydrogen) atoms. The van der Waals surface area contributed by atoms with Crippen molar-refractivity contribution in [1.29, 1.82) is 0 Å². The van der Waals surface area contributed by atoms with E-state index < -0.39 is 66.3 Å². The second-order valence-corrected chi connectivity index (χ2v) is 27.4. The molecule has 3 atom stereocenters. The highest BCUT2D eigenvalue weighted by Crippen LogP contribution is 2.07. The number of amides is 8. The summed E-state index contributed by atoms with van der Waals surface area (Å²) in [6, 6.07) is -2.67. The molecule has 39 nitrogen and oxygen atoms in total. The van der Waals surface area contributed by atoms with Crippen molar-refractivity contribution >= 4 is 89.1 Å². The predicted octanol–water partition coefficient (Wildman–Crippen LogP) is 4.60. The van der Waals surface area contributed by atoms with E-state index in [-0.39, 0.29) is 157 Å². The zero-order valence-electron chi connectivity index (χ0n) is 73.1. The van der Waals surface area contributed by atoms with Gasteiger partial charge >= 0.3 is 36.4 Å². The third kappa shape index (κ3) is 83.6. The SMILES string of the molecule is CCCOCCOC(=O)C(C)C.CCCOCCOC(=O)NC(COCCOC)C(=O)NCC(=O)C(C)C.CCCOCCOC(=O)NC(CSCCOC)C(=O)NCC(=O)C(C)C.COCCOCCOC(=O)NCC(=O)C(C)C.COCCOCCOC(=O)NCCCCC(NC(=O)OCCOCCOC)C(=O)NCC(=O)C(C)C. The number of unbranched alkanes of at least 4 members (excludes halogenated alkanes) is 1. The van der Waals surface area contributed by atoms with Gasteiger partial charge in [0.15, 0.2) is 23.1 Å². The Hall–Kier alpha value is -7.22. The smallest absolute Gasteiger partial charge is 0.407 e. The van der Waals surface area contributed by atoms with Crippen LogP contribution in [-0.2, 0) is 124 Å². The van der Waals surface area contributed by atoms with Crippen LogP contribution in [0.1, 0.15) is 129 Å². The standard InChI is InChI=1S/C23H43N3O10.C17H32N2O7.C17H32N2O6S.C11H21NO5.C9H18O3/c1-18(2)20(27)17-25-21(28)19(26-23(30)36-16-14-34-12-10-32-4)7-5-6-8-24-22(29)35-15-13-33-11-9-31-3;1-5-6-24-9-10-26-17(22)19-14(12-25-8-7-23-4)16(21)18-11-15(20)13(2)3;1-5-6-24-7-8-25-17(22)19-14(12-26-10-9-23-4)16(21)18-11-15(20)13(2)3;1-9(2)10(13)8-12-11(14)17-7-6-16-5-4-15-3;1-4-5-11-6-7-12-9(10)8(2)3/h18-19H,5-17H2,1-4H3,(H,24,29)(H,25,28)(H,26,30);2*13-14H,5-12H2,1-4H3,(H,18,21)(H,19,22);9H,4-8H2,1-3H3,(H,12,14);8H,4-7H2,1-3H3. The number of nitrogens with one attached hydrogen (secondary N) is 8. The second-order valence-electron chi connectivity index (χ2n) is 26.3. The molecule has 0 fully saturated rings. The van der Waals surface area contributed by atoms with Crippen molar-refractivity contribution in [3.63, 3.8) is 0 Å². The first-order chi connectivity index (χ1) is 55.9. The highest BCUT2D eigenvalue weighted by Gasteiger charge is 2.26. The van der Waals surface area contributed by atoms with Crippen molar-refractivity contribution in [2.45, 2.75) is 147 Å². The van der Waals surface area contributed by atoms with E-state index in [1.54, 1.807) is 83.8 Å². The lowest BCUT2D eigenvalue weighted by Crippen LogP contribution is -2.51. The van der Waals surface area contributed by atoms with Crippen LogP contribution in [0.4, 0.5) is 24.0 Å². The minimum Gasteiger partial charge on any atom is -0.463 e. The zero-order valence-corrected chi connectivity index (χ0v) is 73.9. The van der Waals surface area contributed by atoms with E-state index >= 15 is 0 Å². The molecule has 0 heterocycles. The number of Topliss-reactive ketones (excluding diaryl/α,β-unsaturated/α-hetero) is 4. The number of ketones is 4. The summed E-state index contributed by atoms with van der Waals surface area (Å²) in [5, 5.41) is 20.1. The van der Waals surface area contributed by atoms with Crippen LogP contribution >= 0.6 is 11.8 Å². The first kappa shape index (κ1) is 118. The van der Waals surface area contributed by atoms with Gasteiger partial charge in [0.2, 0.25) is 17.7 Å². The van der Waals surface area contributed by atoms with Gasteiger partial charge in [-0.1, -0.05) is 90.0 Å². The molecular weight excluding hydrogens is 1560 g/mol. The average Bonchev–Trinajstić information content (AvgIpc) is 0.922. The Kier molecular flexibility index (Phi) is 87.6. The van der Waals surface area contributed by atoms with E-state index in [9.17, 15) is 62.3 Å². The van der Waals surface area contributed by atoms with Crippen molar-refractivity contribution in [3.05, 3.63) is 0 Å². The third-order valence-corrected chi connectivity index (χ3v) is 15.4. The van der Waals surface area contributed by atoms with Crippen LogP contribution in [0.25, 0.3) is 0 Å². The molecule has 0 aromatic carbocycles. The molecular formula is C77H146N8O31S. The number of thioether (sulfide) groups is 1. The Morgan fingerprint density at radius 1 is 0.282 bits per heavy atom. The quantitative estimate of drug-likeness (QED) is 0.0234. The number of carbonyl (C=O) groups is 13. The highest BCUT2D eigenvalue weighted by atomic mass is 32.2. The Labute approximate surface area is 697 Å². The van der Waals surface area contributed by atoms with Gasteiger partial charge in [-0.25, -0.2) is 24.0 Å². The fourth-order valence-electron chi connectivity index (χ4n) is 7.31. The van der Waals surface area contributed by atoms with Gasteiger partial charge < -0.3 is 128 Å². The largest absolute Gasteiger partial charge is 0.463 e. The molecule has 8 N–H and O–H groups in total. The minimum atomic E-state index is -0.976. The van der Waals surface area contributed by atoms with E-state index in [4.69, 9.17) is 85.3 Å². The van der Waals surface area contributed by atoms with Gasteiger partial charge in [0.05, 0.1) is 138 Å². The summed E-state index contributed by atoms with van der Waals surface area (Å²) in [5.74, 6) is -1.56. The number of hydrogen-bond acceptors (Lipinski definition) is 32. The zero-order chi connectivity index (χ0) is 89.1. The lowest BCUT2D eigenvalue weighted by molar-refractivity contribution is -0.149. The number of esters is 1. The fourth-order valence-corrected chi connectivity index (χ4v) is 8.24. The van der Waals surface area contributed by atoms with Crippen LogP contribution < -0.4 is 42.5 Å². The van der Waals surface area contributed by atoms with Crippen molar-refractivity contribution in [2.24, 2.45) is 29.6 Å². The van der Waals surface area contributed by atoms with Crippen LogP contribution in [-0.4, -0.2) is 340 Å². The Balaban J connectivity index is -0.000000465. The van der Waals surface area contributed by atoms with E-state index in [0.717, 1.165) is 25.9 Å². The summed E-state index contributed by atoms with van der Waals surface area (Å²) in [6.45, 7) is 32.2. The number of carbonyl (C=O) groups excluding carboxylic acids is 13. The summed E-state index contributed by atoms with van der Waals surface area (Å²) in [6.07, 6.45) is 0.720. The Morgan fingerprint density at radius 2 is 0.573 bits per heavy atom. The summed E-state index contributed by atoms with van der Waals surface area (Å²) in [4.78, 5) is 153. The third-order valence-electron chi connectivity index (χ3n) is 14.3. The van der Waals surface area contributed by atoms with Gasteiger partial charge in [-0.3, -0.25) is 38.4 Å². The molecule has 40 heteroatoms. The molecule has 0 aliphatic heterocycles. The molecule has 0 aromatic heterocycles. The highest BCUT2D eigenvalue weighted by molar-refractivity contribution is 7.99. The van der Waals surface area contributed by atoms with Gasteiger partial charge in [-0.05, 0) is 38.5 Å². The predicted molar refractivity (Wildman–Crippen MR) is 435 cm³/mol. The normalized spacial score (nSPS) is 11.4. The van der Waals surface area contributed by atoms with E-state index in [0.29, 0.717) is 123 Å². The average molecular weight is 1710 g/mol. The van der Waals surface area contributed by atoms with E-state index in [1.165, 1.54) is 18.9 Å². The maximum atomic E-state index is 12.6. The summed E-state index contributed by atoms with van der Waals surface area (Å²) in [7, 11) is 7.83. The Bertz CT molecular complexity index is 2470. The van der Waals surface area contributed by atoms with Crippen molar-refractivity contribution in [1.82, 2.24) is 42.5 Å². The van der Waals surface area contributed by atoms with Gasteiger partial charge in [0.25, 0.3) is 0 Å². The number of ether oxygens (including phenoxy) is 18. The van der Waals surface area contributed by atoms with Crippen LogP contribution in [0.15, 0.2) is 0 Å². The monoisotopic (exact) mass is 1710 g/mol. The first-order valence-electron chi connectivity index (χ1n) is 39.7. The number of alkyl carbamates (subject to hydrolysis) is 5. The molecule has 0 aliphatic rings. The van der Waals surface area contributed by atoms with E-state index in [1.807, 2.05) is 34.6 Å². The van der Waals surface area contributed by atoms with Gasteiger partial charge in [-0.2, -0.15) is 11.8 Å². The molecule has 0 saturated carbocycles. The van der Waals surface area contributed by atoms with Gasteiger partial charge in [0, 0.05) is 97.1 Å². The topological polar surface area (TPSA) is 484 Å². The molecule has 0 rings (SSSR count). The molecule has 686 valence electrons. The molecule has 8 amide bonds. The first-order valence-corrected chi connectivity index (χ1v) is 40.8. The van der Waals surface area contributed by atoms with Crippen LogP contribution in [0.3, 0.4) is 0 Å². The molecule has 0 aromatic rings. The van der Waals surface area contributed by atoms with Crippen molar-refractivity contribution in [2.75, 3.05) is 245 Å². The maximum absolute atomic E-state index is 12.6. The Morgan fingerprint density at radius 3 is 0.923 bits per heavy atom. The molecule has 0 spiro atoms. The number of rotatable bonds is 67. The summed E-state index contributed by atoms with van der Waals surface area (Å²) in [5.41, 5.74) is 0. The maximum Gasteiger partial charge on any atom is 0.407 e. The van der Waals surface area contributed by atoms with Crippen LogP contribution in [0.2, 0.25) is 0 Å². The molecule has 0 aliphatic carbocycles. The molecule has 0 saturated heterocycles. The minimum absolute atomic E-state index is 0.00102. The lowest BCUT2D eigenvalue weighted by Gasteiger charge is -2.18. The second kappa shape index (κ2) is 86.6. The van der Waals surface area contributed by atoms with Crippen molar-refractivity contribution < 1.29 is 148 Å². The summed E-state index contributed by atoms with van der Waals surface area (Å²) < 4.78 is 90.3. The molecule has 0 radical (unpaired) electrons. The van der Waals surface area contributed by atoms with Crippen LogP contribution in [0.5, 0.6) is 0 Å². The van der Waals surface area contributed by atoms with Crippen molar-refractivity contribution in [3.8, 4) is 0 Å². The summed E-state index contributed by atoms with van der Waals surface area (Å²) >= 11 is 1.47. The van der Waals surface area contributed by atoms with Crippen LogP contribution in [0, 0.1) is 29.6 Å².